The second-order valence-corrected chi connectivity index (χ2v) is 3.24. The van der Waals surface area contributed by atoms with Gasteiger partial charge >= 0.3 is 7.75 Å². The Morgan fingerprint density at radius 3 is 1.45 bits per heavy atom. The first kappa shape index (κ1) is 17.7. The molecule has 0 aromatic heterocycles. The van der Waals surface area contributed by atoms with Gasteiger partial charge in [0.15, 0.2) is 0 Å². The van der Waals surface area contributed by atoms with Gasteiger partial charge in [-0.3, -0.25) is 0 Å². The van der Waals surface area contributed by atoms with E-state index in [-0.39, 0.29) is 24.8 Å². The van der Waals surface area contributed by atoms with Crippen molar-refractivity contribution < 1.29 is 14.4 Å². The maximum atomic E-state index is 10.4. The summed E-state index contributed by atoms with van der Waals surface area (Å²) in [4.78, 5) is 17.0. The predicted octanol–water partition coefficient (Wildman–Crippen LogP) is 1.26. The molecule has 0 radical (unpaired) electrons. The smallest absolute Gasteiger partial charge is 0.312 e. The highest BCUT2D eigenvalue weighted by Gasteiger charge is 2.20. The average Bonchev–Trinajstić information content (AvgIpc) is 1.65. The summed E-state index contributed by atoms with van der Waals surface area (Å²) in [6.07, 6.45) is 0. The number of nitrogens with zero attached hydrogens (tertiary/aromatic N) is 1. The van der Waals surface area contributed by atoms with E-state index >= 15 is 0 Å². The van der Waals surface area contributed by atoms with Crippen molar-refractivity contribution in [2.24, 2.45) is 0 Å². The maximum Gasteiger partial charge on any atom is 0.402 e. The summed E-state index contributed by atoms with van der Waals surface area (Å²) in [6, 6.07) is 0. The Balaban J connectivity index is -0.000000320. The lowest BCUT2D eigenvalue weighted by atomic mass is 10.7. The van der Waals surface area contributed by atoms with Gasteiger partial charge in [-0.2, -0.15) is 0 Å². The minimum absolute atomic E-state index is 0. The number of halogens is 2. The molecule has 0 saturated carbocycles. The molecule has 0 aliphatic carbocycles. The zero-order chi connectivity index (χ0) is 7.49. The lowest BCUT2D eigenvalue weighted by Gasteiger charge is -2.18. The fourth-order valence-corrected chi connectivity index (χ4v) is 1.33. The van der Waals surface area contributed by atoms with Gasteiger partial charge in [-0.15, -0.1) is 24.8 Å². The Labute approximate surface area is 79.0 Å². The van der Waals surface area contributed by atoms with Gasteiger partial charge in [0.05, 0.1) is 0 Å². The molecule has 0 amide bonds. The maximum absolute atomic E-state index is 10.4. The molecule has 0 aliphatic rings. The van der Waals surface area contributed by atoms with Gasteiger partial charge in [-0.25, -0.2) is 9.24 Å². The monoisotopic (exact) mass is 225 g/mol. The van der Waals surface area contributed by atoms with Crippen molar-refractivity contribution in [1.29, 1.82) is 0 Å². The average molecular weight is 226 g/mol. The molecule has 0 bridgehead atoms. The largest absolute Gasteiger partial charge is 0.402 e. The normalized spacial score (nSPS) is 10.3. The second-order valence-electron chi connectivity index (χ2n) is 1.65. The summed E-state index contributed by atoms with van der Waals surface area (Å²) < 4.78 is 11.5. The Kier molecular flexibility index (Phi) is 11.8. The Morgan fingerprint density at radius 2 is 1.45 bits per heavy atom. The second kappa shape index (κ2) is 7.35. The molecular formula is C4H14Cl2NO3P. The molecule has 72 valence electrons. The zero-order valence-corrected chi connectivity index (χ0v) is 8.96. The van der Waals surface area contributed by atoms with E-state index in [1.807, 2.05) is 0 Å². The molecule has 0 spiro atoms. The van der Waals surface area contributed by atoms with Crippen molar-refractivity contribution in [3.8, 4) is 0 Å². The Hall–Kier alpha value is 0.690. The molecule has 0 saturated heterocycles. The van der Waals surface area contributed by atoms with Crippen molar-refractivity contribution in [1.82, 2.24) is 4.67 Å². The van der Waals surface area contributed by atoms with E-state index in [1.54, 1.807) is 13.8 Å². The quantitative estimate of drug-likeness (QED) is 0.711. The van der Waals surface area contributed by atoms with Crippen LogP contribution in [0.4, 0.5) is 0 Å². The first-order valence-electron chi connectivity index (χ1n) is 2.83. The van der Waals surface area contributed by atoms with Crippen LogP contribution in [0.2, 0.25) is 0 Å². The van der Waals surface area contributed by atoms with Crippen LogP contribution in [0.25, 0.3) is 0 Å². The van der Waals surface area contributed by atoms with E-state index in [2.05, 4.69) is 0 Å². The summed E-state index contributed by atoms with van der Waals surface area (Å²) >= 11 is 0. The number of hydrogen-bond donors (Lipinski definition) is 2. The van der Waals surface area contributed by atoms with E-state index < -0.39 is 7.75 Å². The van der Waals surface area contributed by atoms with E-state index in [1.165, 1.54) is 0 Å². The summed E-state index contributed by atoms with van der Waals surface area (Å²) in [7, 11) is -3.94. The van der Waals surface area contributed by atoms with E-state index in [0.717, 1.165) is 4.67 Å². The van der Waals surface area contributed by atoms with Crippen LogP contribution in [0.3, 0.4) is 0 Å². The summed E-state index contributed by atoms with van der Waals surface area (Å²) in [6.45, 7) is 4.20. The summed E-state index contributed by atoms with van der Waals surface area (Å²) in [5.41, 5.74) is 0. The van der Waals surface area contributed by atoms with E-state index in [4.69, 9.17) is 9.79 Å². The van der Waals surface area contributed by atoms with Crippen LogP contribution in [-0.2, 0) is 4.57 Å². The Bertz CT molecular complexity index is 125. The van der Waals surface area contributed by atoms with Crippen molar-refractivity contribution in [3.05, 3.63) is 0 Å². The van der Waals surface area contributed by atoms with Crippen LogP contribution in [0.15, 0.2) is 0 Å². The van der Waals surface area contributed by atoms with Crippen molar-refractivity contribution in [3.63, 3.8) is 0 Å². The van der Waals surface area contributed by atoms with Crippen LogP contribution < -0.4 is 0 Å². The molecule has 0 rings (SSSR count). The lowest BCUT2D eigenvalue weighted by Crippen LogP contribution is -2.18. The molecule has 0 heterocycles. The van der Waals surface area contributed by atoms with Gasteiger partial charge in [-0.1, -0.05) is 13.8 Å². The molecule has 0 aromatic rings. The third-order valence-electron chi connectivity index (χ3n) is 1.10. The lowest BCUT2D eigenvalue weighted by molar-refractivity contribution is 0.281. The molecule has 0 aromatic carbocycles. The van der Waals surface area contributed by atoms with Crippen molar-refractivity contribution >= 4 is 32.6 Å². The minimum atomic E-state index is -3.94. The van der Waals surface area contributed by atoms with Crippen molar-refractivity contribution in [2.75, 3.05) is 13.1 Å². The topological polar surface area (TPSA) is 60.8 Å². The molecule has 0 fully saturated rings. The fraction of sp³-hybridized carbons (Fsp3) is 1.00. The van der Waals surface area contributed by atoms with Gasteiger partial charge in [-0.05, 0) is 0 Å². The highest BCUT2D eigenvalue weighted by molar-refractivity contribution is 7.49. The van der Waals surface area contributed by atoms with E-state index in [9.17, 15) is 4.57 Å². The first-order valence-corrected chi connectivity index (χ1v) is 4.39. The first-order chi connectivity index (χ1) is 4.02. The number of hydrogen-bond acceptors (Lipinski definition) is 1. The molecule has 4 nitrogen and oxygen atoms in total. The third-order valence-corrected chi connectivity index (χ3v) is 2.40. The van der Waals surface area contributed by atoms with Gasteiger partial charge in [0.25, 0.3) is 0 Å². The van der Waals surface area contributed by atoms with Crippen LogP contribution >= 0.6 is 32.6 Å². The van der Waals surface area contributed by atoms with Crippen LogP contribution in [0.5, 0.6) is 0 Å². The zero-order valence-electron chi connectivity index (χ0n) is 6.43. The molecule has 0 atom stereocenters. The molecule has 0 unspecified atom stereocenters. The fourth-order valence-electron chi connectivity index (χ4n) is 0.592. The van der Waals surface area contributed by atoms with Crippen LogP contribution in [0, 0.1) is 0 Å². The standard InChI is InChI=1S/C4H12NO3P.2ClH/c1-3-5(4-2)9(6,7)8;;/h3-4H2,1-2H3,(H2,6,7,8);2*1H. The molecule has 11 heavy (non-hydrogen) atoms. The minimum Gasteiger partial charge on any atom is -0.312 e. The highest BCUT2D eigenvalue weighted by Crippen LogP contribution is 2.38. The SMILES string of the molecule is CCN(CC)P(=O)(O)O.Cl.Cl. The Morgan fingerprint density at radius 1 is 1.18 bits per heavy atom. The third kappa shape index (κ3) is 7.06. The molecular weight excluding hydrogens is 212 g/mol. The molecule has 0 aliphatic heterocycles. The summed E-state index contributed by atoms with van der Waals surface area (Å²) in [5.74, 6) is 0. The molecule has 2 N–H and O–H groups in total. The van der Waals surface area contributed by atoms with Crippen molar-refractivity contribution in [2.45, 2.75) is 13.8 Å². The summed E-state index contributed by atoms with van der Waals surface area (Å²) in [5, 5.41) is 0. The number of rotatable bonds is 3. The van der Waals surface area contributed by atoms with Crippen LogP contribution in [0.1, 0.15) is 13.8 Å². The van der Waals surface area contributed by atoms with E-state index in [0.29, 0.717) is 13.1 Å². The molecule has 7 heteroatoms. The van der Waals surface area contributed by atoms with Gasteiger partial charge in [0.1, 0.15) is 0 Å². The highest BCUT2D eigenvalue weighted by atomic mass is 35.5. The predicted molar refractivity (Wildman–Crippen MR) is 49.5 cm³/mol. The van der Waals surface area contributed by atoms with Gasteiger partial charge in [0.2, 0.25) is 0 Å². The van der Waals surface area contributed by atoms with Gasteiger partial charge in [0, 0.05) is 13.1 Å². The van der Waals surface area contributed by atoms with Gasteiger partial charge < -0.3 is 9.79 Å². The van der Waals surface area contributed by atoms with Crippen LogP contribution in [-0.4, -0.2) is 27.5 Å².